The molecule has 90 valence electrons. The molecule has 0 aliphatic heterocycles. The van der Waals surface area contributed by atoms with Crippen molar-refractivity contribution in [3.63, 3.8) is 0 Å². The molecule has 0 atom stereocenters. The molecular weight excluding hydrogens is 236 g/mol. The van der Waals surface area contributed by atoms with E-state index in [1.807, 2.05) is 0 Å². The molecule has 5 heteroatoms. The second-order valence-electron chi connectivity index (χ2n) is 4.14. The van der Waals surface area contributed by atoms with Crippen LogP contribution in [0.5, 0.6) is 5.75 Å². The van der Waals surface area contributed by atoms with Crippen molar-refractivity contribution in [1.82, 2.24) is 0 Å². The van der Waals surface area contributed by atoms with Crippen LogP contribution in [0.3, 0.4) is 0 Å². The molecule has 0 aromatic heterocycles. The second kappa shape index (κ2) is 4.18. The first-order valence-corrected chi connectivity index (χ1v) is 5.08. The van der Waals surface area contributed by atoms with Crippen molar-refractivity contribution in [3.8, 4) is 5.75 Å². The fourth-order valence-electron chi connectivity index (χ4n) is 1.27. The maximum absolute atomic E-state index is 14.0. The fourth-order valence-corrected chi connectivity index (χ4v) is 1.44. The summed E-state index contributed by atoms with van der Waals surface area (Å²) in [4.78, 5) is 0. The molecule has 16 heavy (non-hydrogen) atoms. The van der Waals surface area contributed by atoms with E-state index in [0.29, 0.717) is 0 Å². The first-order valence-electron chi connectivity index (χ1n) is 4.71. The van der Waals surface area contributed by atoms with Crippen LogP contribution in [0, 0.1) is 0 Å². The zero-order valence-electron chi connectivity index (χ0n) is 9.35. The normalized spacial score (nSPS) is 12.7. The third-order valence-electron chi connectivity index (χ3n) is 2.31. The number of hydrogen-bond donors (Lipinski definition) is 1. The van der Waals surface area contributed by atoms with Gasteiger partial charge in [-0.1, -0.05) is 11.6 Å². The zero-order chi connectivity index (χ0) is 12.6. The number of alkyl halides is 2. The van der Waals surface area contributed by atoms with Crippen molar-refractivity contribution in [3.05, 3.63) is 28.8 Å². The average molecular weight is 250 g/mol. The molecule has 1 aromatic carbocycles. The number of halogens is 3. The summed E-state index contributed by atoms with van der Waals surface area (Å²) in [7, 11) is 1.33. The monoisotopic (exact) mass is 249 g/mol. The van der Waals surface area contributed by atoms with Crippen LogP contribution in [0.25, 0.3) is 0 Å². The Morgan fingerprint density at radius 1 is 1.31 bits per heavy atom. The summed E-state index contributed by atoms with van der Waals surface area (Å²) in [6.45, 7) is 2.51. The quantitative estimate of drug-likeness (QED) is 0.893. The largest absolute Gasteiger partial charge is 0.496 e. The van der Waals surface area contributed by atoms with E-state index in [1.165, 1.54) is 39.2 Å². The van der Waals surface area contributed by atoms with Gasteiger partial charge < -0.3 is 10.5 Å². The van der Waals surface area contributed by atoms with E-state index in [2.05, 4.69) is 0 Å². The highest BCUT2D eigenvalue weighted by Crippen LogP contribution is 2.42. The third kappa shape index (κ3) is 2.28. The highest BCUT2D eigenvalue weighted by atomic mass is 35.5. The van der Waals surface area contributed by atoms with E-state index >= 15 is 0 Å². The molecule has 0 bridgehead atoms. The van der Waals surface area contributed by atoms with Gasteiger partial charge in [-0.25, -0.2) is 0 Å². The number of ether oxygens (including phenoxy) is 1. The maximum atomic E-state index is 14.0. The molecule has 0 unspecified atom stereocenters. The van der Waals surface area contributed by atoms with Gasteiger partial charge in [-0.15, -0.1) is 0 Å². The molecule has 0 spiro atoms. The van der Waals surface area contributed by atoms with Crippen LogP contribution >= 0.6 is 11.6 Å². The number of hydrogen-bond acceptors (Lipinski definition) is 2. The summed E-state index contributed by atoms with van der Waals surface area (Å²) in [5.74, 6) is -3.14. The number of nitrogens with two attached hydrogens (primary N) is 1. The lowest BCUT2D eigenvalue weighted by atomic mass is 9.90. The summed E-state index contributed by atoms with van der Waals surface area (Å²) in [5.41, 5.74) is 3.48. The Morgan fingerprint density at radius 2 is 1.88 bits per heavy atom. The molecule has 0 fully saturated rings. The lowest BCUT2D eigenvalue weighted by molar-refractivity contribution is -0.0688. The summed E-state index contributed by atoms with van der Waals surface area (Å²) in [5, 5.41) is 0.222. The predicted molar refractivity (Wildman–Crippen MR) is 60.2 cm³/mol. The predicted octanol–water partition coefficient (Wildman–Crippen LogP) is 3.18. The van der Waals surface area contributed by atoms with Gasteiger partial charge in [0.05, 0.1) is 18.2 Å². The smallest absolute Gasteiger partial charge is 0.293 e. The van der Waals surface area contributed by atoms with Gasteiger partial charge in [0.1, 0.15) is 5.75 Å². The summed E-state index contributed by atoms with van der Waals surface area (Å²) in [6, 6.07) is 4.07. The molecule has 0 aliphatic rings. The highest BCUT2D eigenvalue weighted by molar-refractivity contribution is 6.30. The molecule has 0 saturated carbocycles. The van der Waals surface area contributed by atoms with Crippen molar-refractivity contribution in [2.75, 3.05) is 7.11 Å². The van der Waals surface area contributed by atoms with Gasteiger partial charge in [-0.05, 0) is 32.0 Å². The minimum Gasteiger partial charge on any atom is -0.496 e. The molecule has 0 radical (unpaired) electrons. The van der Waals surface area contributed by atoms with Gasteiger partial charge in [-0.2, -0.15) is 8.78 Å². The van der Waals surface area contributed by atoms with Crippen LogP contribution in [0.2, 0.25) is 5.02 Å². The molecule has 1 rings (SSSR count). The molecule has 0 heterocycles. The van der Waals surface area contributed by atoms with E-state index < -0.39 is 11.5 Å². The van der Waals surface area contributed by atoms with E-state index in [0.717, 1.165) is 0 Å². The van der Waals surface area contributed by atoms with Gasteiger partial charge in [0.15, 0.2) is 0 Å². The Bertz CT molecular complexity index is 388. The second-order valence-corrected chi connectivity index (χ2v) is 4.58. The lowest BCUT2D eigenvalue weighted by Crippen LogP contribution is -2.48. The molecule has 0 aliphatic carbocycles. The molecule has 1 aromatic rings. The average Bonchev–Trinajstić information content (AvgIpc) is 2.16. The third-order valence-corrected chi connectivity index (χ3v) is 2.54. The Labute approximate surface area is 98.3 Å². The van der Waals surface area contributed by atoms with E-state index in [4.69, 9.17) is 22.1 Å². The van der Waals surface area contributed by atoms with Crippen molar-refractivity contribution < 1.29 is 13.5 Å². The van der Waals surface area contributed by atoms with E-state index in [-0.39, 0.29) is 16.3 Å². The minimum absolute atomic E-state index is 0.0768. The van der Waals surface area contributed by atoms with Crippen LogP contribution in [0.15, 0.2) is 18.2 Å². The Morgan fingerprint density at radius 3 is 2.31 bits per heavy atom. The minimum atomic E-state index is -3.22. The molecule has 0 saturated heterocycles. The number of benzene rings is 1. The molecule has 2 nitrogen and oxygen atoms in total. The van der Waals surface area contributed by atoms with Crippen molar-refractivity contribution >= 4 is 11.6 Å². The van der Waals surface area contributed by atoms with Crippen LogP contribution in [0.1, 0.15) is 19.4 Å². The van der Waals surface area contributed by atoms with E-state index in [9.17, 15) is 8.78 Å². The Hall–Kier alpha value is -0.870. The lowest BCUT2D eigenvalue weighted by Gasteiger charge is -2.31. The SMILES string of the molecule is COc1ccc(Cl)cc1C(F)(F)C(C)(C)N. The van der Waals surface area contributed by atoms with Gasteiger partial charge in [0.25, 0.3) is 5.92 Å². The number of methoxy groups -OCH3 is 1. The highest BCUT2D eigenvalue weighted by Gasteiger charge is 2.47. The van der Waals surface area contributed by atoms with Crippen LogP contribution in [-0.2, 0) is 5.92 Å². The van der Waals surface area contributed by atoms with Crippen molar-refractivity contribution in [1.29, 1.82) is 0 Å². The number of rotatable bonds is 3. The molecular formula is C11H14ClF2NO. The molecule has 0 amide bonds. The van der Waals surface area contributed by atoms with Crippen molar-refractivity contribution in [2.24, 2.45) is 5.73 Å². The van der Waals surface area contributed by atoms with E-state index in [1.54, 1.807) is 0 Å². The summed E-state index contributed by atoms with van der Waals surface area (Å²) < 4.78 is 32.9. The van der Waals surface area contributed by atoms with Crippen LogP contribution in [-0.4, -0.2) is 12.6 Å². The standard InChI is InChI=1S/C11H14ClF2NO/c1-10(2,15)11(13,14)8-6-7(12)4-5-9(8)16-3/h4-6H,15H2,1-3H3. The Balaban J connectivity index is 3.36. The topological polar surface area (TPSA) is 35.2 Å². The van der Waals surface area contributed by atoms with Gasteiger partial charge in [-0.3, -0.25) is 0 Å². The first-order chi connectivity index (χ1) is 7.20. The summed E-state index contributed by atoms with van der Waals surface area (Å²) >= 11 is 5.70. The van der Waals surface area contributed by atoms with Crippen LogP contribution < -0.4 is 10.5 Å². The Kier molecular flexibility index (Phi) is 3.45. The zero-order valence-corrected chi connectivity index (χ0v) is 10.1. The van der Waals surface area contributed by atoms with Gasteiger partial charge in [0.2, 0.25) is 0 Å². The van der Waals surface area contributed by atoms with Gasteiger partial charge >= 0.3 is 0 Å². The first kappa shape index (κ1) is 13.2. The molecule has 2 N–H and O–H groups in total. The van der Waals surface area contributed by atoms with Crippen molar-refractivity contribution in [2.45, 2.75) is 25.3 Å². The van der Waals surface area contributed by atoms with Crippen LogP contribution in [0.4, 0.5) is 8.78 Å². The summed E-state index contributed by atoms with van der Waals surface area (Å²) in [6.07, 6.45) is 0. The fraction of sp³-hybridized carbons (Fsp3) is 0.455. The van der Waals surface area contributed by atoms with Gasteiger partial charge in [0, 0.05) is 5.02 Å². The maximum Gasteiger partial charge on any atom is 0.293 e.